The van der Waals surface area contributed by atoms with Crippen molar-refractivity contribution in [2.75, 3.05) is 13.1 Å². The molecule has 8 heteroatoms. The van der Waals surface area contributed by atoms with Gasteiger partial charge < -0.3 is 10.6 Å². The van der Waals surface area contributed by atoms with Crippen LogP contribution in [-0.4, -0.2) is 44.1 Å². The van der Waals surface area contributed by atoms with Crippen molar-refractivity contribution in [3.8, 4) is 0 Å². The van der Waals surface area contributed by atoms with E-state index in [1.54, 1.807) is 4.90 Å². The highest BCUT2D eigenvalue weighted by molar-refractivity contribution is 7.90. The molecule has 132 valence electrons. The molecule has 2 N–H and O–H groups in total. The summed E-state index contributed by atoms with van der Waals surface area (Å²) in [5.41, 5.74) is 6.74. The number of hydrogen-bond acceptors (Lipinski definition) is 4. The van der Waals surface area contributed by atoms with Gasteiger partial charge in [0.25, 0.3) is 5.91 Å². The molecule has 1 aliphatic carbocycles. The lowest BCUT2D eigenvalue weighted by molar-refractivity contribution is 0.0779. The normalized spacial score (nSPS) is 26.8. The Balaban J connectivity index is 1.67. The van der Waals surface area contributed by atoms with E-state index in [1.807, 2.05) is 0 Å². The van der Waals surface area contributed by atoms with E-state index in [0.717, 1.165) is 12.8 Å². The molecule has 1 aromatic rings. The van der Waals surface area contributed by atoms with Crippen LogP contribution in [0.4, 0.5) is 8.78 Å². The molecule has 0 bridgehead atoms. The third-order valence-electron chi connectivity index (χ3n) is 5.04. The average molecular weight is 358 g/mol. The summed E-state index contributed by atoms with van der Waals surface area (Å²) in [7, 11) is -4.46. The lowest BCUT2D eigenvalue weighted by Crippen LogP contribution is -2.33. The van der Waals surface area contributed by atoms with Gasteiger partial charge in [0, 0.05) is 24.7 Å². The minimum absolute atomic E-state index is 0.125. The van der Waals surface area contributed by atoms with Crippen molar-refractivity contribution in [2.24, 2.45) is 17.6 Å². The lowest BCUT2D eigenvalue weighted by atomic mass is 9.98. The number of nitrogens with zero attached hydrogens (tertiary/aromatic N) is 1. The Morgan fingerprint density at radius 3 is 2.46 bits per heavy atom. The summed E-state index contributed by atoms with van der Waals surface area (Å²) in [6, 6.07) is 5.96. The maximum atomic E-state index is 12.5. The highest BCUT2D eigenvalue weighted by Crippen LogP contribution is 2.37. The Morgan fingerprint density at radius 1 is 1.21 bits per heavy atom. The first-order valence-electron chi connectivity index (χ1n) is 7.91. The molecule has 1 saturated carbocycles. The molecule has 0 radical (unpaired) electrons. The van der Waals surface area contributed by atoms with Gasteiger partial charge in [0.05, 0.1) is 5.75 Å². The molecule has 1 saturated heterocycles. The molecule has 3 atom stereocenters. The number of benzene rings is 1. The van der Waals surface area contributed by atoms with Crippen LogP contribution < -0.4 is 5.73 Å². The molecular weight excluding hydrogens is 338 g/mol. The number of halogens is 2. The van der Waals surface area contributed by atoms with E-state index >= 15 is 0 Å². The van der Waals surface area contributed by atoms with Crippen molar-refractivity contribution in [3.05, 3.63) is 35.4 Å². The quantitative estimate of drug-likeness (QED) is 0.887. The summed E-state index contributed by atoms with van der Waals surface area (Å²) in [6.45, 7) is 1.34. The van der Waals surface area contributed by atoms with Crippen molar-refractivity contribution in [1.29, 1.82) is 0 Å². The topological polar surface area (TPSA) is 80.5 Å². The van der Waals surface area contributed by atoms with Crippen molar-refractivity contribution in [2.45, 2.75) is 30.4 Å². The SMILES string of the molecule is NC1CCC2CN(C(=O)c3ccc(CS(=O)(=O)C(F)F)cc3)CC12. The summed E-state index contributed by atoms with van der Waals surface area (Å²) in [5.74, 6) is -3.45. The third-order valence-corrected chi connectivity index (χ3v) is 6.32. The summed E-state index contributed by atoms with van der Waals surface area (Å²) in [5, 5.41) is 0. The van der Waals surface area contributed by atoms with E-state index in [9.17, 15) is 22.0 Å². The zero-order valence-corrected chi connectivity index (χ0v) is 13.9. The van der Waals surface area contributed by atoms with Crippen molar-refractivity contribution in [3.63, 3.8) is 0 Å². The van der Waals surface area contributed by atoms with Crippen LogP contribution in [0, 0.1) is 11.8 Å². The number of hydrogen-bond donors (Lipinski definition) is 1. The van der Waals surface area contributed by atoms with E-state index in [4.69, 9.17) is 5.73 Å². The molecule has 24 heavy (non-hydrogen) atoms. The van der Waals surface area contributed by atoms with Crippen molar-refractivity contribution >= 4 is 15.7 Å². The first-order chi connectivity index (χ1) is 11.3. The predicted octanol–water partition coefficient (Wildman–Crippen LogP) is 1.63. The standard InChI is InChI=1S/C16H20F2N2O3S/c17-16(18)24(22,23)9-10-1-3-11(4-2-10)15(21)20-7-12-5-6-14(19)13(12)8-20/h1-4,12-14,16H,5-9,19H2. The van der Waals surface area contributed by atoms with Gasteiger partial charge in [0.1, 0.15) is 0 Å². The summed E-state index contributed by atoms with van der Waals surface area (Å²) in [6.07, 6.45) is 2.05. The predicted molar refractivity (Wildman–Crippen MR) is 85.2 cm³/mol. The zero-order valence-electron chi connectivity index (χ0n) is 13.1. The average Bonchev–Trinajstić information content (AvgIpc) is 3.09. The number of carbonyl (C=O) groups is 1. The second-order valence-electron chi connectivity index (χ2n) is 6.64. The van der Waals surface area contributed by atoms with E-state index in [0.29, 0.717) is 30.5 Å². The van der Waals surface area contributed by atoms with Gasteiger partial charge in [-0.1, -0.05) is 12.1 Å². The molecule has 1 heterocycles. The highest BCUT2D eigenvalue weighted by atomic mass is 32.2. The maximum absolute atomic E-state index is 12.5. The minimum Gasteiger partial charge on any atom is -0.338 e. The van der Waals surface area contributed by atoms with Gasteiger partial charge in [0.2, 0.25) is 9.84 Å². The molecule has 5 nitrogen and oxygen atoms in total. The number of amides is 1. The fourth-order valence-corrected chi connectivity index (χ4v) is 4.48. The number of likely N-dealkylation sites (tertiary alicyclic amines) is 1. The van der Waals surface area contributed by atoms with Gasteiger partial charge in [-0.15, -0.1) is 0 Å². The smallest absolute Gasteiger partial charge is 0.337 e. The molecule has 0 aromatic heterocycles. The van der Waals surface area contributed by atoms with Gasteiger partial charge >= 0.3 is 5.76 Å². The molecular formula is C16H20F2N2O3S. The molecule has 2 fully saturated rings. The van der Waals surface area contributed by atoms with Crippen LogP contribution in [0.25, 0.3) is 0 Å². The zero-order chi connectivity index (χ0) is 17.5. The van der Waals surface area contributed by atoms with Crippen LogP contribution in [0.3, 0.4) is 0 Å². The molecule has 3 rings (SSSR count). The molecule has 1 aliphatic heterocycles. The Hall–Kier alpha value is -1.54. The maximum Gasteiger partial charge on any atom is 0.337 e. The Kier molecular flexibility index (Phi) is 4.61. The van der Waals surface area contributed by atoms with E-state index in [-0.39, 0.29) is 17.5 Å². The number of fused-ring (bicyclic) bond motifs is 1. The van der Waals surface area contributed by atoms with Crippen LogP contribution in [-0.2, 0) is 15.6 Å². The summed E-state index contributed by atoms with van der Waals surface area (Å²) < 4.78 is 47.3. The highest BCUT2D eigenvalue weighted by Gasteiger charge is 2.42. The second kappa shape index (κ2) is 6.40. The Morgan fingerprint density at radius 2 is 1.88 bits per heavy atom. The number of nitrogens with two attached hydrogens (primary N) is 1. The number of rotatable bonds is 4. The summed E-state index contributed by atoms with van der Waals surface area (Å²) >= 11 is 0. The Labute approximate surface area is 139 Å². The number of alkyl halides is 2. The lowest BCUT2D eigenvalue weighted by Gasteiger charge is -2.19. The van der Waals surface area contributed by atoms with Gasteiger partial charge in [-0.3, -0.25) is 4.79 Å². The first-order valence-corrected chi connectivity index (χ1v) is 9.63. The van der Waals surface area contributed by atoms with Crippen LogP contribution in [0.15, 0.2) is 24.3 Å². The van der Waals surface area contributed by atoms with Crippen molar-refractivity contribution < 1.29 is 22.0 Å². The van der Waals surface area contributed by atoms with E-state index in [1.165, 1.54) is 24.3 Å². The largest absolute Gasteiger partial charge is 0.338 e. The van der Waals surface area contributed by atoms with E-state index in [2.05, 4.69) is 0 Å². The first kappa shape index (κ1) is 17.3. The Bertz CT molecular complexity index is 721. The van der Waals surface area contributed by atoms with Crippen LogP contribution in [0.1, 0.15) is 28.8 Å². The van der Waals surface area contributed by atoms with Crippen molar-refractivity contribution in [1.82, 2.24) is 4.90 Å². The van der Waals surface area contributed by atoms with E-state index < -0.39 is 21.3 Å². The second-order valence-corrected chi connectivity index (χ2v) is 8.61. The fourth-order valence-electron chi connectivity index (χ4n) is 3.69. The molecule has 3 unspecified atom stereocenters. The molecule has 2 aliphatic rings. The third kappa shape index (κ3) is 3.30. The number of sulfone groups is 1. The van der Waals surface area contributed by atoms with Crippen LogP contribution >= 0.6 is 0 Å². The van der Waals surface area contributed by atoms with Crippen LogP contribution in [0.5, 0.6) is 0 Å². The van der Waals surface area contributed by atoms with Gasteiger partial charge in [-0.05, 0) is 42.4 Å². The van der Waals surface area contributed by atoms with Crippen LogP contribution in [0.2, 0.25) is 0 Å². The van der Waals surface area contributed by atoms with Gasteiger partial charge in [0.15, 0.2) is 0 Å². The minimum atomic E-state index is -4.46. The monoisotopic (exact) mass is 358 g/mol. The fraction of sp³-hybridized carbons (Fsp3) is 0.562. The van der Waals surface area contributed by atoms with Gasteiger partial charge in [-0.25, -0.2) is 8.42 Å². The van der Waals surface area contributed by atoms with Gasteiger partial charge in [-0.2, -0.15) is 8.78 Å². The summed E-state index contributed by atoms with van der Waals surface area (Å²) in [4.78, 5) is 14.3. The molecule has 1 aromatic carbocycles. The molecule has 0 spiro atoms. The molecule has 1 amide bonds. The number of carbonyl (C=O) groups excluding carboxylic acids is 1.